The molecule has 1 heterocycles. The largest absolute Gasteiger partial charge is 0.543 e. The highest BCUT2D eigenvalue weighted by molar-refractivity contribution is 9.10. The molecule has 0 bridgehead atoms. The Bertz CT molecular complexity index is 231. The molecule has 3 nitrogen and oxygen atoms in total. The fourth-order valence-electron chi connectivity index (χ4n) is 0.486. The maximum atomic E-state index is 10.1. The molecule has 0 amide bonds. The predicted molar refractivity (Wildman–Crippen MR) is 32.8 cm³/mol. The Morgan fingerprint density at radius 2 is 2.44 bits per heavy atom. The van der Waals surface area contributed by atoms with Crippen LogP contribution in [0.15, 0.2) is 16.7 Å². The second-order valence-electron chi connectivity index (χ2n) is 1.52. The number of aromatic amines is 1. The average molecular weight is 189 g/mol. The van der Waals surface area contributed by atoms with Crippen molar-refractivity contribution in [1.29, 1.82) is 0 Å². The lowest BCUT2D eigenvalue weighted by atomic mass is 10.4. The van der Waals surface area contributed by atoms with Crippen molar-refractivity contribution in [3.63, 3.8) is 0 Å². The maximum absolute atomic E-state index is 10.1. The van der Waals surface area contributed by atoms with E-state index >= 15 is 0 Å². The molecule has 0 fully saturated rings. The first kappa shape index (κ1) is 6.35. The molecule has 1 aromatic rings. The molecule has 0 aliphatic rings. The van der Waals surface area contributed by atoms with Crippen LogP contribution in [0.4, 0.5) is 0 Å². The normalized spacial score (nSPS) is 9.44. The van der Waals surface area contributed by atoms with E-state index in [1.807, 2.05) is 0 Å². The highest BCUT2D eigenvalue weighted by Gasteiger charge is 1.93. The third kappa shape index (κ3) is 1.32. The van der Waals surface area contributed by atoms with E-state index in [0.717, 1.165) is 0 Å². The van der Waals surface area contributed by atoms with Crippen LogP contribution in [0.5, 0.6) is 0 Å². The molecule has 0 saturated heterocycles. The number of H-pyrrole nitrogens is 1. The molecule has 0 atom stereocenters. The van der Waals surface area contributed by atoms with E-state index in [2.05, 4.69) is 20.9 Å². The first-order valence-corrected chi connectivity index (χ1v) is 3.04. The molecule has 0 saturated carbocycles. The summed E-state index contributed by atoms with van der Waals surface area (Å²) in [6.07, 6.45) is 1.53. The number of carbonyl (C=O) groups is 1. The maximum Gasteiger partial charge on any atom is 0.0878 e. The van der Waals surface area contributed by atoms with Gasteiger partial charge in [0.25, 0.3) is 0 Å². The first-order chi connectivity index (χ1) is 4.20. The summed E-state index contributed by atoms with van der Waals surface area (Å²) in [6, 6.07) is 1.44. The molecule has 48 valence electrons. The summed E-state index contributed by atoms with van der Waals surface area (Å²) >= 11 is 3.08. The van der Waals surface area contributed by atoms with Gasteiger partial charge in [-0.1, -0.05) is 0 Å². The summed E-state index contributed by atoms with van der Waals surface area (Å²) in [7, 11) is 0. The van der Waals surface area contributed by atoms with Crippen molar-refractivity contribution in [2.24, 2.45) is 0 Å². The number of hydrogen-bond acceptors (Lipinski definition) is 2. The van der Waals surface area contributed by atoms with Crippen LogP contribution in [0, 0.1) is 0 Å². The van der Waals surface area contributed by atoms with E-state index in [-0.39, 0.29) is 5.69 Å². The summed E-state index contributed by atoms with van der Waals surface area (Å²) in [6.45, 7) is 0. The number of aromatic nitrogens is 1. The minimum Gasteiger partial charge on any atom is -0.543 e. The van der Waals surface area contributed by atoms with Crippen molar-refractivity contribution in [2.45, 2.75) is 0 Å². The van der Waals surface area contributed by atoms with Crippen LogP contribution in [-0.4, -0.2) is 11.0 Å². The summed E-state index contributed by atoms with van der Waals surface area (Å²) in [5.74, 6) is -1.19. The van der Waals surface area contributed by atoms with Crippen molar-refractivity contribution in [3.05, 3.63) is 22.4 Å². The Labute approximate surface area is 59.8 Å². The van der Waals surface area contributed by atoms with Crippen molar-refractivity contribution in [3.8, 4) is 0 Å². The van der Waals surface area contributed by atoms with Gasteiger partial charge in [0, 0.05) is 10.7 Å². The van der Waals surface area contributed by atoms with Crippen LogP contribution in [0.3, 0.4) is 0 Å². The highest BCUT2D eigenvalue weighted by Crippen LogP contribution is 2.09. The van der Waals surface area contributed by atoms with Gasteiger partial charge < -0.3 is 14.9 Å². The fraction of sp³-hybridized carbons (Fsp3) is 0. The standard InChI is InChI=1S/C5H4BrNO2/c6-3-1-4(5(8)9)7-2-3/h1-2,7H,(H,8,9)/p-1. The number of carboxylic acids is 1. The van der Waals surface area contributed by atoms with Gasteiger partial charge in [0.05, 0.1) is 11.7 Å². The first-order valence-electron chi connectivity index (χ1n) is 2.25. The number of aromatic carboxylic acids is 1. The zero-order chi connectivity index (χ0) is 6.85. The second kappa shape index (κ2) is 2.23. The van der Waals surface area contributed by atoms with Gasteiger partial charge in [-0.05, 0) is 22.0 Å². The SMILES string of the molecule is O=C([O-])c1cc(Br)c[nH]1. The molecule has 1 aromatic heterocycles. The number of carbonyl (C=O) groups excluding carboxylic acids is 1. The third-order valence-corrected chi connectivity index (χ3v) is 1.33. The van der Waals surface area contributed by atoms with Gasteiger partial charge in [-0.3, -0.25) is 0 Å². The Morgan fingerprint density at radius 1 is 1.78 bits per heavy atom. The lowest BCUT2D eigenvalue weighted by Gasteiger charge is -1.93. The molecule has 0 unspecified atom stereocenters. The smallest absolute Gasteiger partial charge is 0.0878 e. The van der Waals surface area contributed by atoms with Crippen LogP contribution in [-0.2, 0) is 0 Å². The van der Waals surface area contributed by atoms with E-state index < -0.39 is 5.97 Å². The van der Waals surface area contributed by atoms with E-state index in [0.29, 0.717) is 4.47 Å². The minimum absolute atomic E-state index is 0.0851. The molecule has 4 heteroatoms. The monoisotopic (exact) mass is 188 g/mol. The Hall–Kier alpha value is -0.770. The third-order valence-electron chi connectivity index (χ3n) is 0.868. The second-order valence-corrected chi connectivity index (χ2v) is 2.43. The van der Waals surface area contributed by atoms with E-state index in [1.54, 1.807) is 0 Å². The van der Waals surface area contributed by atoms with Crippen LogP contribution >= 0.6 is 15.9 Å². The van der Waals surface area contributed by atoms with Gasteiger partial charge in [0.2, 0.25) is 0 Å². The number of rotatable bonds is 1. The van der Waals surface area contributed by atoms with Gasteiger partial charge >= 0.3 is 0 Å². The lowest BCUT2D eigenvalue weighted by Crippen LogP contribution is -2.22. The summed E-state index contributed by atoms with van der Waals surface area (Å²) in [5.41, 5.74) is 0.0851. The minimum atomic E-state index is -1.19. The highest BCUT2D eigenvalue weighted by atomic mass is 79.9. The van der Waals surface area contributed by atoms with E-state index in [1.165, 1.54) is 12.3 Å². The van der Waals surface area contributed by atoms with Gasteiger partial charge in [-0.15, -0.1) is 0 Å². The van der Waals surface area contributed by atoms with Crippen LogP contribution in [0.25, 0.3) is 0 Å². The van der Waals surface area contributed by atoms with E-state index in [4.69, 9.17) is 0 Å². The number of halogens is 1. The molecule has 0 radical (unpaired) electrons. The molecular formula is C5H3BrNO2-. The van der Waals surface area contributed by atoms with E-state index in [9.17, 15) is 9.90 Å². The quantitative estimate of drug-likeness (QED) is 0.682. The molecule has 9 heavy (non-hydrogen) atoms. The van der Waals surface area contributed by atoms with Crippen LogP contribution in [0.2, 0.25) is 0 Å². The Morgan fingerprint density at radius 3 is 2.67 bits per heavy atom. The molecule has 0 aliphatic heterocycles. The van der Waals surface area contributed by atoms with Gasteiger partial charge in [0.1, 0.15) is 0 Å². The Kier molecular flexibility index (Phi) is 1.57. The van der Waals surface area contributed by atoms with Gasteiger partial charge in [-0.25, -0.2) is 0 Å². The van der Waals surface area contributed by atoms with Crippen molar-refractivity contribution >= 4 is 21.9 Å². The summed E-state index contributed by atoms with van der Waals surface area (Å²) in [5, 5.41) is 10.1. The molecule has 0 spiro atoms. The lowest BCUT2D eigenvalue weighted by molar-refractivity contribution is -0.255. The number of hydrogen-bond donors (Lipinski definition) is 1. The van der Waals surface area contributed by atoms with Crippen LogP contribution < -0.4 is 5.11 Å². The zero-order valence-electron chi connectivity index (χ0n) is 4.35. The van der Waals surface area contributed by atoms with Gasteiger partial charge in [0.15, 0.2) is 0 Å². The summed E-state index contributed by atoms with van der Waals surface area (Å²) < 4.78 is 0.710. The van der Waals surface area contributed by atoms with Crippen molar-refractivity contribution in [2.75, 3.05) is 0 Å². The number of nitrogens with one attached hydrogen (secondary N) is 1. The summed E-state index contributed by atoms with van der Waals surface area (Å²) in [4.78, 5) is 12.5. The zero-order valence-corrected chi connectivity index (χ0v) is 5.94. The molecule has 1 rings (SSSR count). The Balaban J connectivity index is 2.98. The predicted octanol–water partition coefficient (Wildman–Crippen LogP) is 0.141. The van der Waals surface area contributed by atoms with Crippen molar-refractivity contribution in [1.82, 2.24) is 4.98 Å². The average Bonchev–Trinajstić information content (AvgIpc) is 2.14. The van der Waals surface area contributed by atoms with Gasteiger partial charge in [-0.2, -0.15) is 0 Å². The molecule has 0 aliphatic carbocycles. The van der Waals surface area contributed by atoms with Crippen molar-refractivity contribution < 1.29 is 9.90 Å². The van der Waals surface area contributed by atoms with Crippen LogP contribution in [0.1, 0.15) is 10.5 Å². The number of carboxylic acid groups (broad SMARTS) is 1. The fourth-order valence-corrected chi connectivity index (χ4v) is 0.829. The molecular weight excluding hydrogens is 186 g/mol. The molecule has 0 aromatic carbocycles. The topological polar surface area (TPSA) is 55.9 Å². The molecule has 1 N–H and O–H groups in total.